The summed E-state index contributed by atoms with van der Waals surface area (Å²) in [6, 6.07) is 10.6. The average molecular weight is 343 g/mol. The van der Waals surface area contributed by atoms with Crippen LogP contribution in [-0.4, -0.2) is 23.7 Å². The van der Waals surface area contributed by atoms with Crippen molar-refractivity contribution in [3.8, 4) is 11.5 Å². The minimum atomic E-state index is -0.394. The van der Waals surface area contributed by atoms with Crippen LogP contribution >= 0.6 is 11.3 Å². The van der Waals surface area contributed by atoms with Gasteiger partial charge < -0.3 is 14.4 Å². The van der Waals surface area contributed by atoms with Crippen LogP contribution in [0.5, 0.6) is 11.5 Å². The molecule has 2 aromatic carbocycles. The molecule has 0 N–H and O–H groups in total. The van der Waals surface area contributed by atoms with Gasteiger partial charge in [-0.1, -0.05) is 17.4 Å². The van der Waals surface area contributed by atoms with Crippen LogP contribution in [0.2, 0.25) is 0 Å². The Hall–Kier alpha value is -2.87. The maximum absolute atomic E-state index is 10.9. The third-order valence-electron chi connectivity index (χ3n) is 3.75. The number of fused-ring (bicyclic) bond motifs is 2. The fourth-order valence-corrected chi connectivity index (χ4v) is 3.52. The first-order valence-electron chi connectivity index (χ1n) is 7.25. The van der Waals surface area contributed by atoms with Crippen LogP contribution in [0.1, 0.15) is 5.56 Å². The van der Waals surface area contributed by atoms with Gasteiger partial charge in [-0.3, -0.25) is 10.1 Å². The van der Waals surface area contributed by atoms with E-state index in [0.29, 0.717) is 6.54 Å². The molecule has 0 saturated carbocycles. The third-order valence-corrected chi connectivity index (χ3v) is 4.89. The van der Waals surface area contributed by atoms with E-state index in [4.69, 9.17) is 9.47 Å². The summed E-state index contributed by atoms with van der Waals surface area (Å²) >= 11 is 1.44. The summed E-state index contributed by atoms with van der Waals surface area (Å²) in [7, 11) is 1.94. The van der Waals surface area contributed by atoms with Crippen molar-refractivity contribution in [3.63, 3.8) is 0 Å². The lowest BCUT2D eigenvalue weighted by atomic mass is 10.2. The highest BCUT2D eigenvalue weighted by molar-refractivity contribution is 7.22. The Morgan fingerprint density at radius 2 is 2.08 bits per heavy atom. The van der Waals surface area contributed by atoms with E-state index < -0.39 is 4.92 Å². The average Bonchev–Trinajstić information content (AvgIpc) is 3.19. The van der Waals surface area contributed by atoms with Crippen molar-refractivity contribution in [3.05, 3.63) is 52.1 Å². The van der Waals surface area contributed by atoms with Crippen LogP contribution in [0.15, 0.2) is 36.4 Å². The molecule has 0 fully saturated rings. The number of ether oxygens (including phenoxy) is 2. The second kappa shape index (κ2) is 5.64. The molecule has 0 atom stereocenters. The molecule has 1 aliphatic heterocycles. The molecule has 24 heavy (non-hydrogen) atoms. The number of non-ortho nitro benzene ring substituents is 1. The Kier molecular flexibility index (Phi) is 3.46. The zero-order valence-electron chi connectivity index (χ0n) is 12.8. The van der Waals surface area contributed by atoms with Gasteiger partial charge in [-0.2, -0.15) is 0 Å². The lowest BCUT2D eigenvalue weighted by molar-refractivity contribution is -0.384. The number of hydrogen-bond donors (Lipinski definition) is 0. The maximum Gasteiger partial charge on any atom is 0.270 e. The Labute approximate surface area is 141 Å². The van der Waals surface area contributed by atoms with Gasteiger partial charge in [0.25, 0.3) is 5.69 Å². The molecule has 1 aliphatic rings. The summed E-state index contributed by atoms with van der Waals surface area (Å²) < 4.78 is 11.5. The predicted molar refractivity (Wildman–Crippen MR) is 90.9 cm³/mol. The zero-order valence-corrected chi connectivity index (χ0v) is 13.6. The van der Waals surface area contributed by atoms with Crippen LogP contribution in [0.4, 0.5) is 10.8 Å². The summed E-state index contributed by atoms with van der Waals surface area (Å²) in [5.74, 6) is 1.51. The van der Waals surface area contributed by atoms with E-state index >= 15 is 0 Å². The van der Waals surface area contributed by atoms with Crippen molar-refractivity contribution in [2.24, 2.45) is 0 Å². The quantitative estimate of drug-likeness (QED) is 0.532. The topological polar surface area (TPSA) is 77.7 Å². The van der Waals surface area contributed by atoms with Gasteiger partial charge in [0.15, 0.2) is 16.6 Å². The van der Waals surface area contributed by atoms with E-state index in [2.05, 4.69) is 4.98 Å². The molecule has 0 aliphatic carbocycles. The van der Waals surface area contributed by atoms with Gasteiger partial charge in [0.05, 0.1) is 15.1 Å². The Morgan fingerprint density at radius 1 is 1.25 bits per heavy atom. The van der Waals surface area contributed by atoms with Crippen molar-refractivity contribution in [1.82, 2.24) is 4.98 Å². The van der Waals surface area contributed by atoms with E-state index in [1.165, 1.54) is 17.4 Å². The molecule has 0 saturated heterocycles. The monoisotopic (exact) mass is 343 g/mol. The van der Waals surface area contributed by atoms with E-state index in [1.54, 1.807) is 12.1 Å². The summed E-state index contributed by atoms with van der Waals surface area (Å²) in [5, 5.41) is 11.7. The smallest absolute Gasteiger partial charge is 0.270 e. The summed E-state index contributed by atoms with van der Waals surface area (Å²) in [6.07, 6.45) is 0. The van der Waals surface area contributed by atoms with Crippen LogP contribution in [0.3, 0.4) is 0 Å². The highest BCUT2D eigenvalue weighted by atomic mass is 32.1. The van der Waals surface area contributed by atoms with Crippen molar-refractivity contribution in [2.45, 2.75) is 6.54 Å². The number of hydrogen-bond acceptors (Lipinski definition) is 7. The molecule has 1 aromatic heterocycles. The number of benzene rings is 2. The molecular weight excluding hydrogens is 330 g/mol. The standard InChI is InChI=1S/C16H13N3O4S/c1-18(8-10-2-5-13-14(6-10)23-9-22-13)16-17-12-4-3-11(19(20)21)7-15(12)24-16/h2-7H,8-9H2,1H3. The van der Waals surface area contributed by atoms with Crippen molar-refractivity contribution in [1.29, 1.82) is 0 Å². The number of nitro groups is 1. The van der Waals surface area contributed by atoms with E-state index in [-0.39, 0.29) is 12.5 Å². The first-order valence-corrected chi connectivity index (χ1v) is 8.06. The minimum absolute atomic E-state index is 0.0797. The van der Waals surface area contributed by atoms with Crippen LogP contribution in [0, 0.1) is 10.1 Å². The highest BCUT2D eigenvalue weighted by Gasteiger charge is 2.16. The van der Waals surface area contributed by atoms with Gasteiger partial charge in [-0.15, -0.1) is 0 Å². The van der Waals surface area contributed by atoms with E-state index in [9.17, 15) is 10.1 Å². The van der Waals surface area contributed by atoms with E-state index in [0.717, 1.165) is 32.4 Å². The maximum atomic E-state index is 10.9. The molecule has 3 aromatic rings. The van der Waals surface area contributed by atoms with Gasteiger partial charge in [0, 0.05) is 25.7 Å². The van der Waals surface area contributed by atoms with Gasteiger partial charge >= 0.3 is 0 Å². The van der Waals surface area contributed by atoms with Gasteiger partial charge in [0.1, 0.15) is 0 Å². The molecule has 4 rings (SSSR count). The van der Waals surface area contributed by atoms with Crippen LogP contribution < -0.4 is 14.4 Å². The van der Waals surface area contributed by atoms with Crippen molar-refractivity contribution >= 4 is 32.4 Å². The van der Waals surface area contributed by atoms with Crippen LogP contribution in [0.25, 0.3) is 10.2 Å². The summed E-state index contributed by atoms with van der Waals surface area (Å²) in [6.45, 7) is 0.907. The van der Waals surface area contributed by atoms with Crippen molar-refractivity contribution in [2.75, 3.05) is 18.7 Å². The summed E-state index contributed by atoms with van der Waals surface area (Å²) in [5.41, 5.74) is 1.92. The van der Waals surface area contributed by atoms with E-state index in [1.807, 2.05) is 30.1 Å². The number of aromatic nitrogens is 1. The third kappa shape index (κ3) is 2.61. The SMILES string of the molecule is CN(Cc1ccc2c(c1)OCO2)c1nc2ccc([N+](=O)[O-])cc2s1. The Morgan fingerprint density at radius 3 is 2.92 bits per heavy atom. The molecule has 122 valence electrons. The van der Waals surface area contributed by atoms with Gasteiger partial charge in [-0.05, 0) is 23.8 Å². The Balaban J connectivity index is 1.58. The highest BCUT2D eigenvalue weighted by Crippen LogP contribution is 2.34. The largest absolute Gasteiger partial charge is 0.454 e. The number of rotatable bonds is 4. The fourth-order valence-electron chi connectivity index (χ4n) is 2.56. The minimum Gasteiger partial charge on any atom is -0.454 e. The number of thiazole rings is 1. The molecule has 7 nitrogen and oxygen atoms in total. The number of anilines is 1. The molecule has 0 radical (unpaired) electrons. The first kappa shape index (κ1) is 14.7. The summed E-state index contributed by atoms with van der Waals surface area (Å²) in [4.78, 5) is 17.0. The molecular formula is C16H13N3O4S. The lowest BCUT2D eigenvalue weighted by Crippen LogP contribution is -2.15. The molecule has 2 heterocycles. The second-order valence-corrected chi connectivity index (χ2v) is 6.46. The second-order valence-electron chi connectivity index (χ2n) is 5.45. The zero-order chi connectivity index (χ0) is 16.7. The molecule has 0 spiro atoms. The Bertz CT molecular complexity index is 940. The molecule has 0 amide bonds. The predicted octanol–water partition coefficient (Wildman–Crippen LogP) is 3.57. The van der Waals surface area contributed by atoms with Gasteiger partial charge in [-0.25, -0.2) is 4.98 Å². The fraction of sp³-hybridized carbons (Fsp3) is 0.188. The van der Waals surface area contributed by atoms with Gasteiger partial charge in [0.2, 0.25) is 6.79 Å². The lowest BCUT2D eigenvalue weighted by Gasteiger charge is -2.15. The molecule has 0 unspecified atom stereocenters. The normalized spacial score (nSPS) is 12.5. The number of nitrogens with zero attached hydrogens (tertiary/aromatic N) is 3. The van der Waals surface area contributed by atoms with Crippen LogP contribution in [-0.2, 0) is 6.54 Å². The van der Waals surface area contributed by atoms with Crippen molar-refractivity contribution < 1.29 is 14.4 Å². The number of nitro benzene ring substituents is 1. The first-order chi connectivity index (χ1) is 11.6. The molecule has 0 bridgehead atoms. The molecule has 8 heteroatoms.